The Morgan fingerprint density at radius 2 is 1.90 bits per heavy atom. The Morgan fingerprint density at radius 1 is 1.19 bits per heavy atom. The standard InChI is InChI=1S/C15H14N2O3S/c1-16-15(20)13-9-12(6-7-17-13)21-11-4-2-10(3-5-11)8-14(18)19/h2-7,9H,8H2,1H3,(H,16,20)(H,18,19). The molecule has 0 bridgehead atoms. The molecule has 0 aliphatic heterocycles. The quantitative estimate of drug-likeness (QED) is 0.885. The van der Waals surface area contributed by atoms with Crippen LogP contribution in [0.2, 0.25) is 0 Å². The molecule has 2 aromatic rings. The Hall–Kier alpha value is -2.34. The Bertz CT molecular complexity index is 656. The zero-order valence-electron chi connectivity index (χ0n) is 11.4. The first kappa shape index (κ1) is 15.1. The van der Waals surface area contributed by atoms with Gasteiger partial charge in [0.1, 0.15) is 5.69 Å². The maximum atomic E-state index is 11.5. The van der Waals surface area contributed by atoms with E-state index in [-0.39, 0.29) is 12.3 Å². The number of rotatable bonds is 5. The molecule has 2 rings (SSSR count). The van der Waals surface area contributed by atoms with Crippen LogP contribution in [0.1, 0.15) is 16.1 Å². The minimum atomic E-state index is -0.847. The zero-order chi connectivity index (χ0) is 15.2. The third-order valence-corrected chi connectivity index (χ3v) is 3.70. The monoisotopic (exact) mass is 302 g/mol. The molecule has 0 atom stereocenters. The molecule has 0 radical (unpaired) electrons. The summed E-state index contributed by atoms with van der Waals surface area (Å²) in [6.07, 6.45) is 1.60. The zero-order valence-corrected chi connectivity index (χ0v) is 12.2. The predicted molar refractivity (Wildman–Crippen MR) is 79.5 cm³/mol. The molecule has 1 heterocycles. The van der Waals surface area contributed by atoms with Gasteiger partial charge in [-0.05, 0) is 29.8 Å². The summed E-state index contributed by atoms with van der Waals surface area (Å²) in [5.41, 5.74) is 1.12. The smallest absolute Gasteiger partial charge is 0.307 e. The van der Waals surface area contributed by atoms with E-state index >= 15 is 0 Å². The van der Waals surface area contributed by atoms with E-state index in [1.807, 2.05) is 18.2 Å². The van der Waals surface area contributed by atoms with Crippen LogP contribution in [0.5, 0.6) is 0 Å². The molecule has 1 amide bonds. The van der Waals surface area contributed by atoms with Crippen LogP contribution in [0.15, 0.2) is 52.4 Å². The van der Waals surface area contributed by atoms with E-state index in [1.54, 1.807) is 31.4 Å². The van der Waals surface area contributed by atoms with Gasteiger partial charge in [-0.15, -0.1) is 0 Å². The van der Waals surface area contributed by atoms with Crippen molar-refractivity contribution < 1.29 is 14.7 Å². The van der Waals surface area contributed by atoms with Crippen LogP contribution < -0.4 is 5.32 Å². The normalized spacial score (nSPS) is 10.1. The van der Waals surface area contributed by atoms with Crippen molar-refractivity contribution in [2.45, 2.75) is 16.2 Å². The van der Waals surface area contributed by atoms with Crippen molar-refractivity contribution in [3.05, 3.63) is 53.9 Å². The number of aromatic nitrogens is 1. The predicted octanol–water partition coefficient (Wildman–Crippen LogP) is 2.22. The van der Waals surface area contributed by atoms with Crippen molar-refractivity contribution in [3.63, 3.8) is 0 Å². The first-order valence-corrected chi connectivity index (χ1v) is 7.07. The average Bonchev–Trinajstić information content (AvgIpc) is 2.48. The maximum absolute atomic E-state index is 11.5. The van der Waals surface area contributed by atoms with E-state index in [0.717, 1.165) is 15.4 Å². The number of carbonyl (C=O) groups excluding carboxylic acids is 1. The second-order valence-electron chi connectivity index (χ2n) is 4.27. The van der Waals surface area contributed by atoms with Gasteiger partial charge in [-0.2, -0.15) is 0 Å². The van der Waals surface area contributed by atoms with Crippen molar-refractivity contribution in [1.29, 1.82) is 0 Å². The number of nitrogens with zero attached hydrogens (tertiary/aromatic N) is 1. The van der Waals surface area contributed by atoms with E-state index in [9.17, 15) is 9.59 Å². The maximum Gasteiger partial charge on any atom is 0.307 e. The van der Waals surface area contributed by atoms with E-state index in [2.05, 4.69) is 10.3 Å². The number of benzene rings is 1. The summed E-state index contributed by atoms with van der Waals surface area (Å²) >= 11 is 1.49. The SMILES string of the molecule is CNC(=O)c1cc(Sc2ccc(CC(=O)O)cc2)ccn1. The minimum absolute atomic E-state index is 0.0149. The fraction of sp³-hybridized carbons (Fsp3) is 0.133. The Labute approximate surface area is 126 Å². The van der Waals surface area contributed by atoms with Crippen LogP contribution in [0.4, 0.5) is 0 Å². The van der Waals surface area contributed by atoms with Crippen LogP contribution >= 0.6 is 11.8 Å². The van der Waals surface area contributed by atoms with Crippen molar-refractivity contribution in [1.82, 2.24) is 10.3 Å². The molecule has 0 saturated heterocycles. The molecule has 6 heteroatoms. The van der Waals surface area contributed by atoms with Crippen molar-refractivity contribution >= 4 is 23.6 Å². The van der Waals surface area contributed by atoms with E-state index in [1.165, 1.54) is 11.8 Å². The fourth-order valence-corrected chi connectivity index (χ4v) is 2.56. The van der Waals surface area contributed by atoms with Crippen molar-refractivity contribution in [2.24, 2.45) is 0 Å². The van der Waals surface area contributed by atoms with E-state index < -0.39 is 5.97 Å². The van der Waals surface area contributed by atoms with E-state index in [0.29, 0.717) is 5.69 Å². The number of nitrogens with one attached hydrogen (secondary N) is 1. The van der Waals surface area contributed by atoms with Crippen LogP contribution in [0.25, 0.3) is 0 Å². The minimum Gasteiger partial charge on any atom is -0.481 e. The number of carbonyl (C=O) groups is 2. The molecule has 0 fully saturated rings. The molecule has 2 N–H and O–H groups in total. The number of carboxylic acids is 1. The number of aliphatic carboxylic acids is 1. The average molecular weight is 302 g/mol. The summed E-state index contributed by atoms with van der Waals surface area (Å²) in [5.74, 6) is -1.07. The highest BCUT2D eigenvalue weighted by molar-refractivity contribution is 7.99. The fourth-order valence-electron chi connectivity index (χ4n) is 1.71. The van der Waals surface area contributed by atoms with Crippen LogP contribution in [0.3, 0.4) is 0 Å². The van der Waals surface area contributed by atoms with Crippen LogP contribution in [-0.2, 0) is 11.2 Å². The molecule has 0 spiro atoms. The van der Waals surface area contributed by atoms with Gasteiger partial charge in [0.05, 0.1) is 6.42 Å². The van der Waals surface area contributed by atoms with Gasteiger partial charge in [-0.3, -0.25) is 14.6 Å². The third-order valence-electron chi connectivity index (χ3n) is 2.71. The molecule has 0 aliphatic carbocycles. The topological polar surface area (TPSA) is 79.3 Å². The van der Waals surface area contributed by atoms with Gasteiger partial charge in [-0.1, -0.05) is 23.9 Å². The Morgan fingerprint density at radius 3 is 2.52 bits per heavy atom. The number of amides is 1. The molecule has 1 aromatic heterocycles. The first-order valence-electron chi connectivity index (χ1n) is 6.25. The molecule has 1 aromatic carbocycles. The molecule has 0 unspecified atom stereocenters. The van der Waals surface area contributed by atoms with Gasteiger partial charge in [0, 0.05) is 23.0 Å². The molecule has 0 saturated carbocycles. The second kappa shape index (κ2) is 6.90. The van der Waals surface area contributed by atoms with Gasteiger partial charge >= 0.3 is 5.97 Å². The molecular weight excluding hydrogens is 288 g/mol. The highest BCUT2D eigenvalue weighted by Gasteiger charge is 2.07. The van der Waals surface area contributed by atoms with Crippen molar-refractivity contribution in [3.8, 4) is 0 Å². The number of pyridine rings is 1. The summed E-state index contributed by atoms with van der Waals surface area (Å²) < 4.78 is 0. The highest BCUT2D eigenvalue weighted by atomic mass is 32.2. The summed E-state index contributed by atoms with van der Waals surface area (Å²) in [6, 6.07) is 10.8. The van der Waals surface area contributed by atoms with Crippen LogP contribution in [-0.4, -0.2) is 29.0 Å². The number of carboxylic acid groups (broad SMARTS) is 1. The lowest BCUT2D eigenvalue weighted by atomic mass is 10.2. The summed E-state index contributed by atoms with van der Waals surface area (Å²) in [6.45, 7) is 0. The van der Waals surface area contributed by atoms with Gasteiger partial charge in [-0.25, -0.2) is 0 Å². The lowest BCUT2D eigenvalue weighted by molar-refractivity contribution is -0.136. The van der Waals surface area contributed by atoms with Crippen LogP contribution in [0, 0.1) is 0 Å². The summed E-state index contributed by atoms with van der Waals surface area (Å²) in [7, 11) is 1.56. The molecule has 108 valence electrons. The third kappa shape index (κ3) is 4.32. The van der Waals surface area contributed by atoms with Gasteiger partial charge < -0.3 is 10.4 Å². The first-order chi connectivity index (χ1) is 10.1. The summed E-state index contributed by atoms with van der Waals surface area (Å²) in [4.78, 5) is 28.0. The molecule has 0 aliphatic rings. The Balaban J connectivity index is 2.11. The van der Waals surface area contributed by atoms with E-state index in [4.69, 9.17) is 5.11 Å². The largest absolute Gasteiger partial charge is 0.481 e. The molecule has 21 heavy (non-hydrogen) atoms. The lowest BCUT2D eigenvalue weighted by Gasteiger charge is -2.05. The lowest BCUT2D eigenvalue weighted by Crippen LogP contribution is -2.18. The second-order valence-corrected chi connectivity index (χ2v) is 5.42. The number of hydrogen-bond acceptors (Lipinski definition) is 4. The molecule has 5 nitrogen and oxygen atoms in total. The summed E-state index contributed by atoms with van der Waals surface area (Å²) in [5, 5.41) is 11.3. The number of hydrogen-bond donors (Lipinski definition) is 2. The molecular formula is C15H14N2O3S. The highest BCUT2D eigenvalue weighted by Crippen LogP contribution is 2.27. The van der Waals surface area contributed by atoms with Gasteiger partial charge in [0.2, 0.25) is 0 Å². The Kier molecular flexibility index (Phi) is 4.94. The van der Waals surface area contributed by atoms with Gasteiger partial charge in [0.15, 0.2) is 0 Å². The van der Waals surface area contributed by atoms with Gasteiger partial charge in [0.25, 0.3) is 5.91 Å². The van der Waals surface area contributed by atoms with Crippen molar-refractivity contribution in [2.75, 3.05) is 7.05 Å².